The van der Waals surface area contributed by atoms with E-state index in [1.54, 1.807) is 0 Å². The Kier molecular flexibility index (Phi) is 1.83. The Morgan fingerprint density at radius 2 is 2.25 bits per heavy atom. The van der Waals surface area contributed by atoms with Crippen LogP contribution in [0.5, 0.6) is 0 Å². The third-order valence-electron chi connectivity index (χ3n) is 1.98. The average Bonchev–Trinajstić information content (AvgIpc) is 2.28. The Bertz CT molecular complexity index is 431. The molecule has 0 aromatic carbocycles. The number of aromatic nitrogens is 2. The van der Waals surface area contributed by atoms with Gasteiger partial charge in [0.1, 0.15) is 5.65 Å². The first-order valence-corrected chi connectivity index (χ1v) is 4.83. The molecule has 12 heavy (non-hydrogen) atoms. The van der Waals surface area contributed by atoms with Gasteiger partial charge in [0, 0.05) is 28.4 Å². The van der Waals surface area contributed by atoms with Gasteiger partial charge in [-0.25, -0.2) is 4.98 Å². The monoisotopic (exact) mass is 272 g/mol. The predicted molar refractivity (Wildman–Crippen MR) is 58.2 cm³/mol. The van der Waals surface area contributed by atoms with E-state index in [2.05, 4.69) is 51.3 Å². The van der Waals surface area contributed by atoms with Crippen LogP contribution in [0.25, 0.3) is 11.0 Å². The highest BCUT2D eigenvalue weighted by atomic mass is 127. The highest BCUT2D eigenvalue weighted by Gasteiger charge is 2.03. The highest BCUT2D eigenvalue weighted by Crippen LogP contribution is 2.19. The van der Waals surface area contributed by atoms with E-state index in [1.165, 1.54) is 14.5 Å². The lowest BCUT2D eigenvalue weighted by Crippen LogP contribution is -1.87. The molecule has 62 valence electrons. The largest absolute Gasteiger partial charge is 0.335 e. The van der Waals surface area contributed by atoms with Crippen molar-refractivity contribution < 1.29 is 0 Å². The van der Waals surface area contributed by atoms with E-state index in [0.717, 1.165) is 5.65 Å². The van der Waals surface area contributed by atoms with Crippen LogP contribution in [-0.4, -0.2) is 9.55 Å². The lowest BCUT2D eigenvalue weighted by atomic mass is 10.2. The van der Waals surface area contributed by atoms with Crippen molar-refractivity contribution >= 4 is 33.6 Å². The zero-order valence-corrected chi connectivity index (χ0v) is 9.16. The molecule has 2 heterocycles. The smallest absolute Gasteiger partial charge is 0.139 e. The molecule has 3 heteroatoms. The second-order valence-corrected chi connectivity index (χ2v) is 4.19. The summed E-state index contributed by atoms with van der Waals surface area (Å²) in [5.74, 6) is 0. The number of fused-ring (bicyclic) bond motifs is 1. The number of rotatable bonds is 0. The van der Waals surface area contributed by atoms with Crippen molar-refractivity contribution in [3.63, 3.8) is 0 Å². The number of aryl methyl sites for hydroxylation is 2. The van der Waals surface area contributed by atoms with Gasteiger partial charge in [-0.1, -0.05) is 0 Å². The molecule has 0 unspecified atom stereocenters. The third kappa shape index (κ3) is 1.12. The van der Waals surface area contributed by atoms with Gasteiger partial charge in [-0.3, -0.25) is 0 Å². The van der Waals surface area contributed by atoms with Crippen LogP contribution < -0.4 is 0 Å². The lowest BCUT2D eigenvalue weighted by molar-refractivity contribution is 0.944. The molecular formula is C9H9IN2. The topological polar surface area (TPSA) is 17.8 Å². The van der Waals surface area contributed by atoms with Crippen molar-refractivity contribution in [3.8, 4) is 0 Å². The summed E-state index contributed by atoms with van der Waals surface area (Å²) in [4.78, 5) is 4.36. The van der Waals surface area contributed by atoms with Crippen molar-refractivity contribution in [2.24, 2.45) is 7.05 Å². The average molecular weight is 272 g/mol. The van der Waals surface area contributed by atoms with E-state index in [0.29, 0.717) is 0 Å². The minimum Gasteiger partial charge on any atom is -0.335 e. The van der Waals surface area contributed by atoms with Crippen molar-refractivity contribution in [1.29, 1.82) is 0 Å². The zero-order chi connectivity index (χ0) is 8.72. The van der Waals surface area contributed by atoms with Crippen LogP contribution in [0.3, 0.4) is 0 Å². The lowest BCUT2D eigenvalue weighted by Gasteiger charge is -1.94. The van der Waals surface area contributed by atoms with Gasteiger partial charge >= 0.3 is 0 Å². The summed E-state index contributed by atoms with van der Waals surface area (Å²) in [6.07, 6.45) is 4.00. The summed E-state index contributed by atoms with van der Waals surface area (Å²) in [5, 5.41) is 1.25. The SMILES string of the molecule is Cc1cn(C)c2ncc(I)cc12. The van der Waals surface area contributed by atoms with Crippen LogP contribution in [-0.2, 0) is 7.05 Å². The maximum absolute atomic E-state index is 4.36. The Morgan fingerprint density at radius 3 is 3.00 bits per heavy atom. The first-order chi connectivity index (χ1) is 5.68. The molecule has 2 nitrogen and oxygen atoms in total. The molecular weight excluding hydrogens is 263 g/mol. The van der Waals surface area contributed by atoms with Gasteiger partial charge in [0.2, 0.25) is 0 Å². The summed E-state index contributed by atoms with van der Waals surface area (Å²) in [6.45, 7) is 2.11. The number of pyridine rings is 1. The van der Waals surface area contributed by atoms with Crippen LogP contribution in [0.2, 0.25) is 0 Å². The number of hydrogen-bond donors (Lipinski definition) is 0. The third-order valence-corrected chi connectivity index (χ3v) is 2.57. The van der Waals surface area contributed by atoms with Crippen molar-refractivity contribution in [1.82, 2.24) is 9.55 Å². The second-order valence-electron chi connectivity index (χ2n) is 2.95. The minimum absolute atomic E-state index is 1.06. The summed E-state index contributed by atoms with van der Waals surface area (Å²) >= 11 is 2.28. The standard InChI is InChI=1S/C9H9IN2/c1-6-5-12(2)9-8(6)3-7(10)4-11-9/h3-5H,1-2H3. The fourth-order valence-corrected chi connectivity index (χ4v) is 1.88. The van der Waals surface area contributed by atoms with Gasteiger partial charge in [0.25, 0.3) is 0 Å². The second kappa shape index (κ2) is 2.73. The molecule has 0 saturated heterocycles. The van der Waals surface area contributed by atoms with Gasteiger partial charge in [-0.15, -0.1) is 0 Å². The minimum atomic E-state index is 1.06. The zero-order valence-electron chi connectivity index (χ0n) is 7.00. The molecule has 0 atom stereocenters. The fourth-order valence-electron chi connectivity index (χ4n) is 1.42. The predicted octanol–water partition coefficient (Wildman–Crippen LogP) is 2.49. The van der Waals surface area contributed by atoms with Gasteiger partial charge in [0.15, 0.2) is 0 Å². The van der Waals surface area contributed by atoms with Crippen molar-refractivity contribution in [3.05, 3.63) is 27.6 Å². The Morgan fingerprint density at radius 1 is 1.50 bits per heavy atom. The summed E-state index contributed by atoms with van der Waals surface area (Å²) in [5.41, 5.74) is 2.35. The van der Waals surface area contributed by atoms with Gasteiger partial charge in [0.05, 0.1) is 0 Å². The number of halogens is 1. The van der Waals surface area contributed by atoms with Crippen molar-refractivity contribution in [2.45, 2.75) is 6.92 Å². The van der Waals surface area contributed by atoms with Crippen LogP contribution in [0.1, 0.15) is 5.56 Å². The van der Waals surface area contributed by atoms with E-state index in [4.69, 9.17) is 0 Å². The molecule has 2 aromatic heterocycles. The molecule has 2 aromatic rings. The summed E-state index contributed by atoms with van der Waals surface area (Å²) < 4.78 is 3.25. The Balaban J connectivity index is 2.90. The van der Waals surface area contributed by atoms with Crippen LogP contribution in [0.15, 0.2) is 18.5 Å². The fraction of sp³-hybridized carbons (Fsp3) is 0.222. The summed E-state index contributed by atoms with van der Waals surface area (Å²) in [7, 11) is 2.02. The Labute approximate surface area is 84.7 Å². The molecule has 0 radical (unpaired) electrons. The molecule has 0 aliphatic heterocycles. The maximum Gasteiger partial charge on any atom is 0.139 e. The quantitative estimate of drug-likeness (QED) is 0.674. The van der Waals surface area contributed by atoms with Crippen LogP contribution >= 0.6 is 22.6 Å². The molecule has 0 bridgehead atoms. The van der Waals surface area contributed by atoms with E-state index < -0.39 is 0 Å². The normalized spacial score (nSPS) is 10.9. The molecule has 0 fully saturated rings. The molecule has 0 aliphatic rings. The molecule has 0 amide bonds. The van der Waals surface area contributed by atoms with Gasteiger partial charge in [-0.05, 0) is 41.1 Å². The van der Waals surface area contributed by atoms with Gasteiger partial charge in [-0.2, -0.15) is 0 Å². The number of hydrogen-bond acceptors (Lipinski definition) is 1. The molecule has 0 saturated carbocycles. The van der Waals surface area contributed by atoms with E-state index in [-0.39, 0.29) is 0 Å². The first kappa shape index (κ1) is 8.04. The molecule has 0 aliphatic carbocycles. The van der Waals surface area contributed by atoms with Gasteiger partial charge < -0.3 is 4.57 Å². The molecule has 2 rings (SSSR count). The van der Waals surface area contributed by atoms with Crippen LogP contribution in [0.4, 0.5) is 0 Å². The van der Waals surface area contributed by atoms with Crippen molar-refractivity contribution in [2.75, 3.05) is 0 Å². The molecule has 0 spiro atoms. The van der Waals surface area contributed by atoms with E-state index >= 15 is 0 Å². The summed E-state index contributed by atoms with van der Waals surface area (Å²) in [6, 6.07) is 2.16. The Hall–Kier alpha value is -0.580. The maximum atomic E-state index is 4.36. The molecule has 0 N–H and O–H groups in total. The number of nitrogens with zero attached hydrogens (tertiary/aromatic N) is 2. The van der Waals surface area contributed by atoms with E-state index in [1.807, 2.05) is 13.2 Å². The highest BCUT2D eigenvalue weighted by molar-refractivity contribution is 14.1. The van der Waals surface area contributed by atoms with E-state index in [9.17, 15) is 0 Å². The first-order valence-electron chi connectivity index (χ1n) is 3.75. The van der Waals surface area contributed by atoms with Crippen LogP contribution in [0, 0.1) is 10.5 Å².